The van der Waals surface area contributed by atoms with Crippen molar-refractivity contribution >= 4 is 16.9 Å². The van der Waals surface area contributed by atoms with Gasteiger partial charge < -0.3 is 17.5 Å². The van der Waals surface area contributed by atoms with Crippen molar-refractivity contribution in [3.63, 3.8) is 0 Å². The second-order valence-electron chi connectivity index (χ2n) is 2.20. The van der Waals surface area contributed by atoms with Gasteiger partial charge in [-0.05, 0) is 11.8 Å². The van der Waals surface area contributed by atoms with E-state index in [9.17, 15) is 0 Å². The molecule has 1 aliphatic rings. The molecule has 1 saturated heterocycles. The average molecular weight is 197 g/mol. The van der Waals surface area contributed by atoms with Crippen LogP contribution >= 0.6 is 11.8 Å². The molecule has 11 heavy (non-hydrogen) atoms. The molecule has 1 atom stereocenters. The molecule has 1 fully saturated rings. The number of aliphatic hydroxyl groups excluding tert-OH is 1. The molecule has 1 rings (SSSR count). The Bertz CT molecular complexity index is 143. The lowest BCUT2D eigenvalue weighted by Gasteiger charge is -2.08. The number of rotatable bonds is 2. The van der Waals surface area contributed by atoms with E-state index in [4.69, 9.17) is 5.11 Å². The summed E-state index contributed by atoms with van der Waals surface area (Å²) in [6, 6.07) is 0. The Morgan fingerprint density at radius 3 is 3.00 bits per heavy atom. The fourth-order valence-electron chi connectivity index (χ4n) is 1.07. The molecule has 2 N–H and O–H groups in total. The summed E-state index contributed by atoms with van der Waals surface area (Å²) in [4.78, 5) is 5.45. The molecule has 1 heterocycles. The average Bonchev–Trinajstić information content (AvgIpc) is 2.36. The summed E-state index contributed by atoms with van der Waals surface area (Å²) in [5.41, 5.74) is 0. The molecule has 0 spiro atoms. The van der Waals surface area contributed by atoms with Gasteiger partial charge in [0.05, 0.1) is 18.9 Å². The fourth-order valence-corrected chi connectivity index (χ4v) is 2.15. The van der Waals surface area contributed by atoms with E-state index in [2.05, 4.69) is 4.99 Å². The molecule has 0 aromatic carbocycles. The van der Waals surface area contributed by atoms with Gasteiger partial charge in [-0.3, -0.25) is 4.90 Å². The Kier molecular flexibility index (Phi) is 5.95. The van der Waals surface area contributed by atoms with Crippen molar-refractivity contribution in [1.82, 2.24) is 0 Å². The SMILES string of the molecule is CN=C1SCC[NH+]1CCO.[Cl-]. The first-order valence-corrected chi connectivity index (χ1v) is 4.42. The number of aliphatic hydroxyl groups is 1. The Labute approximate surface area is 77.3 Å². The maximum absolute atomic E-state index is 8.65. The number of aliphatic imine (C=N–C) groups is 1. The predicted molar refractivity (Wildman–Crippen MR) is 43.6 cm³/mol. The van der Waals surface area contributed by atoms with Crippen LogP contribution in [-0.2, 0) is 0 Å². The minimum absolute atomic E-state index is 0. The monoisotopic (exact) mass is 196 g/mol. The highest BCUT2D eigenvalue weighted by Crippen LogP contribution is 2.01. The zero-order valence-electron chi connectivity index (χ0n) is 6.51. The van der Waals surface area contributed by atoms with Gasteiger partial charge in [-0.25, -0.2) is 4.99 Å². The Morgan fingerprint density at radius 1 is 1.73 bits per heavy atom. The number of halogens is 1. The number of quaternary nitrogens is 1. The number of hydrogen-bond donors (Lipinski definition) is 2. The molecular weight excluding hydrogens is 184 g/mol. The molecule has 0 aromatic rings. The van der Waals surface area contributed by atoms with E-state index in [1.807, 2.05) is 7.05 Å². The molecule has 0 aliphatic carbocycles. The molecule has 0 radical (unpaired) electrons. The van der Waals surface area contributed by atoms with Crippen molar-refractivity contribution < 1.29 is 22.4 Å². The van der Waals surface area contributed by atoms with Crippen LogP contribution in [0.4, 0.5) is 0 Å². The second kappa shape index (κ2) is 5.83. The van der Waals surface area contributed by atoms with Crippen LogP contribution < -0.4 is 17.3 Å². The largest absolute Gasteiger partial charge is 1.00 e. The van der Waals surface area contributed by atoms with Crippen LogP contribution in [0.25, 0.3) is 0 Å². The van der Waals surface area contributed by atoms with E-state index in [-0.39, 0.29) is 19.0 Å². The van der Waals surface area contributed by atoms with Crippen LogP contribution in [-0.4, -0.2) is 42.8 Å². The van der Waals surface area contributed by atoms with Crippen molar-refractivity contribution in [2.75, 3.05) is 32.5 Å². The van der Waals surface area contributed by atoms with Gasteiger partial charge in [-0.1, -0.05) is 0 Å². The van der Waals surface area contributed by atoms with Crippen molar-refractivity contribution in [3.05, 3.63) is 0 Å². The van der Waals surface area contributed by atoms with Gasteiger partial charge in [-0.15, -0.1) is 0 Å². The number of hydrogen-bond acceptors (Lipinski definition) is 3. The quantitative estimate of drug-likeness (QED) is 0.468. The first-order chi connectivity index (χ1) is 4.88. The fraction of sp³-hybridized carbons (Fsp3) is 0.833. The van der Waals surface area contributed by atoms with E-state index < -0.39 is 0 Å². The smallest absolute Gasteiger partial charge is 0.257 e. The van der Waals surface area contributed by atoms with Gasteiger partial charge in [0.15, 0.2) is 0 Å². The van der Waals surface area contributed by atoms with Crippen LogP contribution in [0.15, 0.2) is 4.99 Å². The summed E-state index contributed by atoms with van der Waals surface area (Å²) >= 11 is 1.79. The van der Waals surface area contributed by atoms with Crippen LogP contribution in [0.2, 0.25) is 0 Å². The Balaban J connectivity index is 0.000001000. The third-order valence-corrected chi connectivity index (χ3v) is 2.71. The van der Waals surface area contributed by atoms with Gasteiger partial charge in [0.2, 0.25) is 0 Å². The topological polar surface area (TPSA) is 37.0 Å². The third kappa shape index (κ3) is 2.99. The van der Waals surface area contributed by atoms with Crippen molar-refractivity contribution in [2.24, 2.45) is 4.99 Å². The van der Waals surface area contributed by atoms with Crippen LogP contribution in [0.5, 0.6) is 0 Å². The number of nitrogens with zero attached hydrogens (tertiary/aromatic N) is 1. The van der Waals surface area contributed by atoms with Gasteiger partial charge in [0.1, 0.15) is 6.54 Å². The summed E-state index contributed by atoms with van der Waals surface area (Å²) in [6.45, 7) is 2.17. The summed E-state index contributed by atoms with van der Waals surface area (Å²) in [6.07, 6.45) is 0. The Hall–Kier alpha value is 0.230. The highest BCUT2D eigenvalue weighted by molar-refractivity contribution is 8.13. The van der Waals surface area contributed by atoms with E-state index in [0.29, 0.717) is 0 Å². The van der Waals surface area contributed by atoms with Crippen LogP contribution in [0.3, 0.4) is 0 Å². The lowest BCUT2D eigenvalue weighted by atomic mass is 10.5. The normalized spacial score (nSPS) is 27.1. The van der Waals surface area contributed by atoms with Gasteiger partial charge in [-0.2, -0.15) is 0 Å². The molecule has 5 heteroatoms. The molecule has 1 aliphatic heterocycles. The maximum atomic E-state index is 8.65. The van der Waals surface area contributed by atoms with E-state index >= 15 is 0 Å². The first-order valence-electron chi connectivity index (χ1n) is 3.44. The summed E-state index contributed by atoms with van der Waals surface area (Å²) in [7, 11) is 1.81. The number of amidine groups is 1. The number of thioether (sulfide) groups is 1. The van der Waals surface area contributed by atoms with E-state index in [0.717, 1.165) is 24.0 Å². The first kappa shape index (κ1) is 11.2. The third-order valence-electron chi connectivity index (χ3n) is 1.56. The molecule has 3 nitrogen and oxygen atoms in total. The van der Waals surface area contributed by atoms with E-state index in [1.165, 1.54) is 4.90 Å². The molecule has 0 amide bonds. The van der Waals surface area contributed by atoms with Crippen molar-refractivity contribution in [2.45, 2.75) is 0 Å². The number of nitrogens with one attached hydrogen (secondary N) is 1. The molecular formula is C6H13ClN2OS. The minimum atomic E-state index is 0. The highest BCUT2D eigenvalue weighted by Gasteiger charge is 2.23. The van der Waals surface area contributed by atoms with Gasteiger partial charge in [0, 0.05) is 7.05 Å². The summed E-state index contributed by atoms with van der Waals surface area (Å²) < 4.78 is 0. The van der Waals surface area contributed by atoms with Crippen molar-refractivity contribution in [3.8, 4) is 0 Å². The lowest BCUT2D eigenvalue weighted by Crippen LogP contribution is -3.12. The van der Waals surface area contributed by atoms with Gasteiger partial charge >= 0.3 is 0 Å². The predicted octanol–water partition coefficient (Wildman–Crippen LogP) is -4.40. The second-order valence-corrected chi connectivity index (χ2v) is 3.29. The zero-order valence-corrected chi connectivity index (χ0v) is 8.08. The molecule has 0 aromatic heterocycles. The molecule has 1 unspecified atom stereocenters. The Morgan fingerprint density at radius 2 is 2.45 bits per heavy atom. The highest BCUT2D eigenvalue weighted by atomic mass is 35.5. The molecule has 0 saturated carbocycles. The van der Waals surface area contributed by atoms with E-state index in [1.54, 1.807) is 11.8 Å². The summed E-state index contributed by atoms with van der Waals surface area (Å²) in [5, 5.41) is 9.80. The minimum Gasteiger partial charge on any atom is -1.00 e. The standard InChI is InChI=1S/C6H12N2OS.ClH/c1-7-6-8(2-4-9)3-5-10-6;/h9H,2-5H2,1H3;1H. The molecule has 0 bridgehead atoms. The molecule has 66 valence electrons. The van der Waals surface area contributed by atoms with Crippen LogP contribution in [0, 0.1) is 0 Å². The summed E-state index contributed by atoms with van der Waals surface area (Å²) in [5.74, 6) is 1.14. The zero-order chi connectivity index (χ0) is 7.40. The van der Waals surface area contributed by atoms with Crippen LogP contribution in [0.1, 0.15) is 0 Å². The lowest BCUT2D eigenvalue weighted by molar-refractivity contribution is -0.796. The maximum Gasteiger partial charge on any atom is 0.257 e. The van der Waals surface area contributed by atoms with Crippen molar-refractivity contribution in [1.29, 1.82) is 0 Å². The van der Waals surface area contributed by atoms with Gasteiger partial charge in [0.25, 0.3) is 5.17 Å².